The molecule has 1 fully saturated rings. The Morgan fingerprint density at radius 2 is 1.84 bits per heavy atom. The van der Waals surface area contributed by atoms with Gasteiger partial charge in [-0.1, -0.05) is 37.3 Å². The fraction of sp³-hybridized carbons (Fsp3) is 0.421. The van der Waals surface area contributed by atoms with E-state index in [0.29, 0.717) is 11.8 Å². The summed E-state index contributed by atoms with van der Waals surface area (Å²) in [5.41, 5.74) is 2.45. The average Bonchev–Trinajstić information content (AvgIpc) is 3.16. The number of rotatable bonds is 4. The lowest BCUT2D eigenvalue weighted by atomic mass is 10.1. The first-order chi connectivity index (χ1) is 12.3. The maximum absolute atomic E-state index is 4.54. The van der Waals surface area contributed by atoms with Crippen LogP contribution in [-0.4, -0.2) is 50.7 Å². The van der Waals surface area contributed by atoms with E-state index in [9.17, 15) is 0 Å². The molecule has 0 radical (unpaired) electrons. The Balaban J connectivity index is 1.51. The van der Waals surface area contributed by atoms with Crippen LogP contribution in [0.2, 0.25) is 0 Å². The number of benzene rings is 1. The van der Waals surface area contributed by atoms with Crippen molar-refractivity contribution in [2.24, 2.45) is 0 Å². The van der Waals surface area contributed by atoms with Crippen LogP contribution in [0.4, 0.5) is 5.82 Å². The molecule has 0 amide bonds. The molecule has 4 rings (SSSR count). The molecule has 25 heavy (non-hydrogen) atoms. The third-order valence-corrected chi connectivity index (χ3v) is 5.12. The maximum atomic E-state index is 4.54. The van der Waals surface area contributed by atoms with E-state index in [2.05, 4.69) is 75.1 Å². The number of hydrogen-bond donors (Lipinski definition) is 0. The van der Waals surface area contributed by atoms with Crippen LogP contribution in [0.25, 0.3) is 5.78 Å². The van der Waals surface area contributed by atoms with Crippen molar-refractivity contribution in [2.75, 3.05) is 31.1 Å². The zero-order valence-electron chi connectivity index (χ0n) is 14.8. The molecule has 1 aliphatic heterocycles. The van der Waals surface area contributed by atoms with Crippen molar-refractivity contribution < 1.29 is 0 Å². The van der Waals surface area contributed by atoms with E-state index in [-0.39, 0.29) is 0 Å². The van der Waals surface area contributed by atoms with Gasteiger partial charge >= 0.3 is 0 Å². The highest BCUT2D eigenvalue weighted by Crippen LogP contribution is 2.24. The van der Waals surface area contributed by atoms with E-state index in [1.807, 2.05) is 4.52 Å². The first-order valence-corrected chi connectivity index (χ1v) is 9.00. The van der Waals surface area contributed by atoms with E-state index in [0.717, 1.165) is 44.1 Å². The number of piperazine rings is 1. The van der Waals surface area contributed by atoms with Gasteiger partial charge in [0, 0.05) is 44.0 Å². The highest BCUT2D eigenvalue weighted by atomic mass is 15.4. The first-order valence-electron chi connectivity index (χ1n) is 9.00. The second kappa shape index (κ2) is 6.80. The van der Waals surface area contributed by atoms with Gasteiger partial charge in [-0.15, -0.1) is 0 Å². The second-order valence-corrected chi connectivity index (χ2v) is 6.54. The van der Waals surface area contributed by atoms with E-state index in [4.69, 9.17) is 0 Å². The summed E-state index contributed by atoms with van der Waals surface area (Å²) in [5, 5.41) is 4.36. The fourth-order valence-electron chi connectivity index (χ4n) is 3.53. The summed E-state index contributed by atoms with van der Waals surface area (Å²) in [5.74, 6) is 1.79. The van der Waals surface area contributed by atoms with Crippen LogP contribution in [-0.2, 0) is 6.42 Å². The highest BCUT2D eigenvalue weighted by Gasteiger charge is 2.24. The third kappa shape index (κ3) is 3.09. The van der Waals surface area contributed by atoms with Crippen molar-refractivity contribution in [1.29, 1.82) is 0 Å². The zero-order valence-corrected chi connectivity index (χ0v) is 14.8. The van der Waals surface area contributed by atoms with Gasteiger partial charge in [-0.25, -0.2) is 4.98 Å². The molecule has 0 aliphatic carbocycles. The van der Waals surface area contributed by atoms with Crippen LogP contribution in [0.5, 0.6) is 0 Å². The quantitative estimate of drug-likeness (QED) is 0.733. The van der Waals surface area contributed by atoms with Crippen molar-refractivity contribution in [3.63, 3.8) is 0 Å². The molecule has 1 atom stereocenters. The fourth-order valence-corrected chi connectivity index (χ4v) is 3.53. The van der Waals surface area contributed by atoms with Gasteiger partial charge < -0.3 is 4.90 Å². The summed E-state index contributed by atoms with van der Waals surface area (Å²) >= 11 is 0. The normalized spacial score (nSPS) is 17.1. The molecule has 3 heterocycles. The van der Waals surface area contributed by atoms with Crippen LogP contribution >= 0.6 is 0 Å². The molecular formula is C19H24N6. The minimum Gasteiger partial charge on any atom is -0.354 e. The monoisotopic (exact) mass is 336 g/mol. The summed E-state index contributed by atoms with van der Waals surface area (Å²) in [4.78, 5) is 13.8. The number of fused-ring (bicyclic) bond motifs is 1. The summed E-state index contributed by atoms with van der Waals surface area (Å²) in [7, 11) is 0. The van der Waals surface area contributed by atoms with Crippen molar-refractivity contribution >= 4 is 11.6 Å². The largest absolute Gasteiger partial charge is 0.354 e. The van der Waals surface area contributed by atoms with E-state index in [1.54, 1.807) is 6.33 Å². The molecular weight excluding hydrogens is 312 g/mol. The topological polar surface area (TPSA) is 49.6 Å². The molecule has 0 spiro atoms. The third-order valence-electron chi connectivity index (χ3n) is 5.12. The van der Waals surface area contributed by atoms with Gasteiger partial charge in [0.1, 0.15) is 12.1 Å². The maximum Gasteiger partial charge on any atom is 0.254 e. The SMILES string of the molecule is CCc1cc(N2CCN(C(C)c3ccccc3)CC2)n2ncnc2n1. The van der Waals surface area contributed by atoms with Crippen molar-refractivity contribution in [2.45, 2.75) is 26.3 Å². The number of aryl methyl sites for hydroxylation is 1. The Morgan fingerprint density at radius 1 is 1.08 bits per heavy atom. The lowest BCUT2D eigenvalue weighted by molar-refractivity contribution is 0.198. The Kier molecular flexibility index (Phi) is 4.36. The van der Waals surface area contributed by atoms with Crippen molar-refractivity contribution in [1.82, 2.24) is 24.5 Å². The van der Waals surface area contributed by atoms with Crippen molar-refractivity contribution in [3.8, 4) is 0 Å². The highest BCUT2D eigenvalue weighted by molar-refractivity contribution is 5.47. The molecule has 1 unspecified atom stereocenters. The van der Waals surface area contributed by atoms with E-state index >= 15 is 0 Å². The molecule has 2 aromatic heterocycles. The van der Waals surface area contributed by atoms with Crippen LogP contribution in [0.3, 0.4) is 0 Å². The number of nitrogens with zero attached hydrogens (tertiary/aromatic N) is 6. The molecule has 3 aromatic rings. The van der Waals surface area contributed by atoms with Gasteiger partial charge in [-0.3, -0.25) is 4.90 Å². The Bertz CT molecular complexity index is 836. The van der Waals surface area contributed by atoms with Gasteiger partial charge in [0.05, 0.1) is 0 Å². The molecule has 0 bridgehead atoms. The summed E-state index contributed by atoms with van der Waals surface area (Å²) in [6, 6.07) is 13.3. The van der Waals surface area contributed by atoms with Gasteiger partial charge in [-0.2, -0.15) is 14.6 Å². The van der Waals surface area contributed by atoms with Crippen molar-refractivity contribution in [3.05, 3.63) is 54.0 Å². The number of anilines is 1. The zero-order chi connectivity index (χ0) is 17.2. The number of aromatic nitrogens is 4. The summed E-state index contributed by atoms with van der Waals surface area (Å²) in [6.07, 6.45) is 2.49. The summed E-state index contributed by atoms with van der Waals surface area (Å²) < 4.78 is 1.86. The van der Waals surface area contributed by atoms with E-state index < -0.39 is 0 Å². The molecule has 1 saturated heterocycles. The number of hydrogen-bond acceptors (Lipinski definition) is 5. The van der Waals surface area contributed by atoms with Gasteiger partial charge in [0.2, 0.25) is 0 Å². The van der Waals surface area contributed by atoms with Crippen LogP contribution < -0.4 is 4.90 Å². The molecule has 6 heteroatoms. The lowest BCUT2D eigenvalue weighted by Crippen LogP contribution is -2.47. The Morgan fingerprint density at radius 3 is 2.56 bits per heavy atom. The average molecular weight is 336 g/mol. The predicted molar refractivity (Wildman–Crippen MR) is 98.8 cm³/mol. The van der Waals surface area contributed by atoms with Gasteiger partial charge in [0.15, 0.2) is 0 Å². The molecule has 0 saturated carbocycles. The predicted octanol–water partition coefficient (Wildman–Crippen LogP) is 2.57. The van der Waals surface area contributed by atoms with Crippen LogP contribution in [0.15, 0.2) is 42.7 Å². The van der Waals surface area contributed by atoms with Crippen LogP contribution in [0.1, 0.15) is 31.1 Å². The minimum absolute atomic E-state index is 0.443. The van der Waals surface area contributed by atoms with Crippen LogP contribution in [0, 0.1) is 0 Å². The summed E-state index contributed by atoms with van der Waals surface area (Å²) in [6.45, 7) is 8.46. The molecule has 1 aliphatic rings. The Labute approximate surface area is 148 Å². The van der Waals surface area contributed by atoms with Gasteiger partial charge in [-0.05, 0) is 18.9 Å². The molecule has 0 N–H and O–H groups in total. The van der Waals surface area contributed by atoms with Gasteiger partial charge in [0.25, 0.3) is 5.78 Å². The molecule has 1 aromatic carbocycles. The smallest absolute Gasteiger partial charge is 0.254 e. The minimum atomic E-state index is 0.443. The standard InChI is InChI=1S/C19H24N6/c1-3-17-13-18(25-19(22-17)20-14-21-25)24-11-9-23(10-12-24)15(2)16-7-5-4-6-8-16/h4-8,13-15H,3,9-12H2,1-2H3. The Hall–Kier alpha value is -2.47. The van der Waals surface area contributed by atoms with E-state index in [1.165, 1.54) is 5.56 Å². The second-order valence-electron chi connectivity index (χ2n) is 6.54. The lowest BCUT2D eigenvalue weighted by Gasteiger charge is -2.39. The molecule has 130 valence electrons. The first kappa shape index (κ1) is 16.0. The molecule has 6 nitrogen and oxygen atoms in total.